The number of nitrogens with one attached hydrogen (secondary N) is 2. The van der Waals surface area contributed by atoms with E-state index in [4.69, 9.17) is 32.9 Å². The molecule has 0 amide bonds. The molecule has 1 aromatic carbocycles. The molecular formula is C25H29Cl2N7O2S. The summed E-state index contributed by atoms with van der Waals surface area (Å²) in [6, 6.07) is 7.46. The molecule has 0 saturated carbocycles. The van der Waals surface area contributed by atoms with Crippen LogP contribution in [-0.4, -0.2) is 61.3 Å². The minimum Gasteiger partial charge on any atom is -0.598 e. The molecular weight excluding hydrogens is 533 g/mol. The highest BCUT2D eigenvalue weighted by atomic mass is 35.5. The molecule has 3 aromatic rings. The SMILES string of the molecule is C[C@@H]1OCC2(CCN(c3nc(C#N)c4c(-c5cccc(Cl)c5Cl)n[nH]c4n3)CC2)[C@@H]1N[S@+]([O-])C(C)(C)C. The Morgan fingerprint density at radius 3 is 2.68 bits per heavy atom. The molecule has 0 unspecified atom stereocenters. The van der Waals surface area contributed by atoms with Crippen molar-refractivity contribution in [1.29, 1.82) is 5.26 Å². The van der Waals surface area contributed by atoms with Crippen LogP contribution in [-0.2, 0) is 16.1 Å². The van der Waals surface area contributed by atoms with Crippen LogP contribution >= 0.6 is 23.2 Å². The summed E-state index contributed by atoms with van der Waals surface area (Å²) in [5.74, 6) is 0.473. The Bertz CT molecular complexity index is 1360. The van der Waals surface area contributed by atoms with Crippen molar-refractivity contribution in [3.05, 3.63) is 33.9 Å². The number of fused-ring (bicyclic) bond motifs is 1. The molecule has 2 aliphatic heterocycles. The number of nitrogens with zero attached hydrogens (tertiary/aromatic N) is 5. The Morgan fingerprint density at radius 1 is 1.27 bits per heavy atom. The highest BCUT2D eigenvalue weighted by molar-refractivity contribution is 7.90. The third-order valence-corrected chi connectivity index (χ3v) is 9.71. The van der Waals surface area contributed by atoms with Crippen LogP contribution < -0.4 is 9.62 Å². The van der Waals surface area contributed by atoms with Crippen LogP contribution in [0.2, 0.25) is 10.0 Å². The molecule has 0 radical (unpaired) electrons. The Kier molecular flexibility index (Phi) is 7.07. The van der Waals surface area contributed by atoms with Crippen LogP contribution in [0, 0.1) is 16.7 Å². The van der Waals surface area contributed by atoms with Gasteiger partial charge in [-0.3, -0.25) is 5.10 Å². The number of hydrogen-bond donors (Lipinski definition) is 2. The molecule has 196 valence electrons. The maximum absolute atomic E-state index is 12.9. The fourth-order valence-electron chi connectivity index (χ4n) is 5.12. The molecule has 2 saturated heterocycles. The average molecular weight is 563 g/mol. The van der Waals surface area contributed by atoms with Crippen molar-refractivity contribution in [2.45, 2.75) is 57.4 Å². The number of rotatable bonds is 4. The molecule has 0 bridgehead atoms. The Morgan fingerprint density at radius 2 is 2.00 bits per heavy atom. The van der Waals surface area contributed by atoms with E-state index in [1.165, 1.54) is 0 Å². The monoisotopic (exact) mass is 561 g/mol. The van der Waals surface area contributed by atoms with E-state index in [1.807, 2.05) is 27.7 Å². The smallest absolute Gasteiger partial charge is 0.228 e. The van der Waals surface area contributed by atoms with Gasteiger partial charge in [0.15, 0.2) is 11.3 Å². The van der Waals surface area contributed by atoms with Gasteiger partial charge < -0.3 is 14.2 Å². The first-order valence-corrected chi connectivity index (χ1v) is 14.1. The van der Waals surface area contributed by atoms with E-state index in [2.05, 4.69) is 30.9 Å². The summed E-state index contributed by atoms with van der Waals surface area (Å²) >= 11 is 11.4. The van der Waals surface area contributed by atoms with Crippen LogP contribution in [0.3, 0.4) is 0 Å². The number of aromatic amines is 1. The second-order valence-electron chi connectivity index (χ2n) is 10.7. The molecule has 2 N–H and O–H groups in total. The molecule has 2 aromatic heterocycles. The molecule has 4 heterocycles. The van der Waals surface area contributed by atoms with Crippen LogP contribution in [0.25, 0.3) is 22.3 Å². The highest BCUT2D eigenvalue weighted by Gasteiger charge is 2.52. The number of ether oxygens (including phenoxy) is 1. The largest absolute Gasteiger partial charge is 0.598 e. The van der Waals surface area contributed by atoms with Gasteiger partial charge in [-0.1, -0.05) is 35.3 Å². The number of benzene rings is 1. The van der Waals surface area contributed by atoms with E-state index in [1.54, 1.807) is 18.2 Å². The molecule has 1 spiro atoms. The molecule has 37 heavy (non-hydrogen) atoms. The van der Waals surface area contributed by atoms with Crippen LogP contribution in [0.15, 0.2) is 18.2 Å². The molecule has 2 fully saturated rings. The molecule has 9 nitrogen and oxygen atoms in total. The number of piperidine rings is 1. The molecule has 3 atom stereocenters. The van der Waals surface area contributed by atoms with Gasteiger partial charge in [-0.2, -0.15) is 15.3 Å². The predicted octanol–water partition coefficient (Wildman–Crippen LogP) is 4.62. The normalized spacial score (nSPS) is 22.5. The van der Waals surface area contributed by atoms with Gasteiger partial charge in [0, 0.05) is 35.4 Å². The second-order valence-corrected chi connectivity index (χ2v) is 13.5. The summed E-state index contributed by atoms with van der Waals surface area (Å²) in [7, 11) is 0. The molecule has 5 rings (SSSR count). The number of halogens is 2. The van der Waals surface area contributed by atoms with Crippen molar-refractivity contribution in [2.24, 2.45) is 5.41 Å². The standard InChI is InChI=1S/C25H29Cl2N7O2S/c1-14-21(33-37(35)24(2,3)4)25(13-36-14)8-10-34(11-9-25)23-29-17(12-28)18-20(31-32-22(18)30-23)15-6-5-7-16(26)19(15)27/h5-7,14,21,33H,8-11,13H2,1-4H3,(H,29,30,31,32)/t14-,21+,37+/m0/s1. The highest BCUT2D eigenvalue weighted by Crippen LogP contribution is 2.44. The summed E-state index contributed by atoms with van der Waals surface area (Å²) in [6.45, 7) is 9.93. The summed E-state index contributed by atoms with van der Waals surface area (Å²) in [5, 5.41) is 18.5. The van der Waals surface area contributed by atoms with Crippen molar-refractivity contribution in [3.63, 3.8) is 0 Å². The summed E-state index contributed by atoms with van der Waals surface area (Å²) in [6.07, 6.45) is 1.62. The van der Waals surface area contributed by atoms with Gasteiger partial charge in [0.25, 0.3) is 0 Å². The van der Waals surface area contributed by atoms with Crippen LogP contribution in [0.5, 0.6) is 0 Å². The van der Waals surface area contributed by atoms with Crippen molar-refractivity contribution < 1.29 is 9.29 Å². The lowest BCUT2D eigenvalue weighted by Crippen LogP contribution is -2.56. The third kappa shape index (κ3) is 4.78. The van der Waals surface area contributed by atoms with Gasteiger partial charge in [-0.15, -0.1) is 4.72 Å². The Labute approximate surface area is 229 Å². The summed E-state index contributed by atoms with van der Waals surface area (Å²) in [4.78, 5) is 11.4. The topological polar surface area (TPSA) is 126 Å². The predicted molar refractivity (Wildman–Crippen MR) is 146 cm³/mol. The van der Waals surface area contributed by atoms with E-state index in [-0.39, 0.29) is 28.0 Å². The van der Waals surface area contributed by atoms with E-state index < -0.39 is 11.4 Å². The first kappa shape index (κ1) is 26.5. The molecule has 0 aliphatic carbocycles. The van der Waals surface area contributed by atoms with E-state index in [0.717, 1.165) is 12.8 Å². The number of H-pyrrole nitrogens is 1. The number of nitriles is 1. The maximum Gasteiger partial charge on any atom is 0.228 e. The van der Waals surface area contributed by atoms with Gasteiger partial charge in [-0.25, -0.2) is 4.98 Å². The minimum absolute atomic E-state index is 0.00890. The van der Waals surface area contributed by atoms with E-state index in [9.17, 15) is 9.81 Å². The quantitative estimate of drug-likeness (QED) is 0.441. The van der Waals surface area contributed by atoms with Crippen molar-refractivity contribution >= 4 is 51.5 Å². The fourth-order valence-corrected chi connectivity index (χ4v) is 6.54. The van der Waals surface area contributed by atoms with Gasteiger partial charge >= 0.3 is 0 Å². The van der Waals surface area contributed by atoms with E-state index in [0.29, 0.717) is 58.0 Å². The number of aromatic nitrogens is 4. The summed E-state index contributed by atoms with van der Waals surface area (Å²) < 4.78 is 21.9. The lowest BCUT2D eigenvalue weighted by atomic mass is 9.73. The zero-order valence-corrected chi connectivity index (χ0v) is 23.5. The minimum atomic E-state index is -1.19. The number of anilines is 1. The third-order valence-electron chi connectivity index (χ3n) is 7.32. The first-order valence-electron chi connectivity index (χ1n) is 12.2. The zero-order chi connectivity index (χ0) is 26.5. The van der Waals surface area contributed by atoms with Gasteiger partial charge in [0.2, 0.25) is 5.95 Å². The van der Waals surface area contributed by atoms with Gasteiger partial charge in [0.05, 0.1) is 34.2 Å². The van der Waals surface area contributed by atoms with Crippen LogP contribution in [0.1, 0.15) is 46.2 Å². The van der Waals surface area contributed by atoms with Crippen LogP contribution in [0.4, 0.5) is 5.95 Å². The second kappa shape index (κ2) is 9.88. The Balaban J connectivity index is 1.40. The van der Waals surface area contributed by atoms with Crippen molar-refractivity contribution in [3.8, 4) is 17.3 Å². The summed E-state index contributed by atoms with van der Waals surface area (Å²) in [5.41, 5.74) is 1.66. The van der Waals surface area contributed by atoms with Crippen molar-refractivity contribution in [2.75, 3.05) is 24.6 Å². The Hall–Kier alpha value is -2.13. The van der Waals surface area contributed by atoms with E-state index >= 15 is 0 Å². The van der Waals surface area contributed by atoms with Gasteiger partial charge in [-0.05, 0) is 46.6 Å². The first-order chi connectivity index (χ1) is 17.5. The fraction of sp³-hybridized carbons (Fsp3) is 0.520. The van der Waals surface area contributed by atoms with Gasteiger partial charge in [0.1, 0.15) is 16.5 Å². The molecule has 12 heteroatoms. The zero-order valence-electron chi connectivity index (χ0n) is 21.1. The maximum atomic E-state index is 12.9. The average Bonchev–Trinajstić information content (AvgIpc) is 3.42. The lowest BCUT2D eigenvalue weighted by Gasteiger charge is -2.43. The number of hydrogen-bond acceptors (Lipinski definition) is 8. The molecule has 2 aliphatic rings. The van der Waals surface area contributed by atoms with Crippen molar-refractivity contribution in [1.82, 2.24) is 24.9 Å². The lowest BCUT2D eigenvalue weighted by molar-refractivity contribution is 0.0972.